The summed E-state index contributed by atoms with van der Waals surface area (Å²) >= 11 is 0. The minimum absolute atomic E-state index is 0. The van der Waals surface area contributed by atoms with E-state index in [1.54, 1.807) is 6.92 Å². The summed E-state index contributed by atoms with van der Waals surface area (Å²) in [5.74, 6) is -0.350. The maximum Gasteiger partial charge on any atom is 0.340 e. The number of halogens is 1. The summed E-state index contributed by atoms with van der Waals surface area (Å²) in [5, 5.41) is 0.962. The summed E-state index contributed by atoms with van der Waals surface area (Å²) in [7, 11) is 0. The van der Waals surface area contributed by atoms with Crippen molar-refractivity contribution in [2.24, 2.45) is 0 Å². The number of aryl methyl sites for hydroxylation is 2. The van der Waals surface area contributed by atoms with Gasteiger partial charge in [0.1, 0.15) is 11.1 Å². The van der Waals surface area contributed by atoms with Crippen LogP contribution in [0, 0.1) is 13.8 Å². The van der Waals surface area contributed by atoms with E-state index in [4.69, 9.17) is 9.15 Å². The Morgan fingerprint density at radius 3 is 2.71 bits per heavy atom. The molecular weight excluding hydrogens is 290 g/mol. The SMILES string of the molecule is CCOC(=O)c1c(C)nc2c(oc3ccccc32)c1C.Cl. The number of furan rings is 1. The van der Waals surface area contributed by atoms with Crippen LogP contribution in [0.4, 0.5) is 0 Å². The maximum absolute atomic E-state index is 12.0. The lowest BCUT2D eigenvalue weighted by atomic mass is 10.1. The van der Waals surface area contributed by atoms with Gasteiger partial charge in [-0.1, -0.05) is 12.1 Å². The van der Waals surface area contributed by atoms with E-state index >= 15 is 0 Å². The molecule has 2 aromatic heterocycles. The minimum atomic E-state index is -0.350. The first-order valence-corrected chi connectivity index (χ1v) is 6.59. The second kappa shape index (κ2) is 5.74. The van der Waals surface area contributed by atoms with Gasteiger partial charge in [0.25, 0.3) is 0 Å². The molecule has 0 fully saturated rings. The molecule has 3 aromatic rings. The third kappa shape index (κ3) is 2.36. The molecule has 0 radical (unpaired) electrons. The second-order valence-corrected chi connectivity index (χ2v) is 4.69. The summed E-state index contributed by atoms with van der Waals surface area (Å²) in [6, 6.07) is 7.73. The molecule has 0 atom stereocenters. The van der Waals surface area contributed by atoms with E-state index in [9.17, 15) is 4.79 Å². The van der Waals surface area contributed by atoms with Gasteiger partial charge in [0, 0.05) is 10.9 Å². The fourth-order valence-corrected chi connectivity index (χ4v) is 2.51. The Morgan fingerprint density at radius 1 is 1.29 bits per heavy atom. The summed E-state index contributed by atoms with van der Waals surface area (Å²) in [4.78, 5) is 16.6. The van der Waals surface area contributed by atoms with Crippen molar-refractivity contribution >= 4 is 40.4 Å². The van der Waals surface area contributed by atoms with Crippen LogP contribution in [-0.2, 0) is 4.74 Å². The molecule has 2 heterocycles. The maximum atomic E-state index is 12.0. The van der Waals surface area contributed by atoms with Crippen molar-refractivity contribution in [2.75, 3.05) is 6.61 Å². The number of ether oxygens (including phenoxy) is 1. The number of nitrogens with zero attached hydrogens (tertiary/aromatic N) is 1. The Bertz CT molecular complexity index is 823. The largest absolute Gasteiger partial charge is 0.462 e. The van der Waals surface area contributed by atoms with Crippen molar-refractivity contribution in [1.29, 1.82) is 0 Å². The number of fused-ring (bicyclic) bond motifs is 3. The van der Waals surface area contributed by atoms with Crippen molar-refractivity contribution in [3.05, 3.63) is 41.1 Å². The molecule has 0 aliphatic heterocycles. The fraction of sp³-hybridized carbons (Fsp3) is 0.250. The van der Waals surface area contributed by atoms with Crippen molar-refractivity contribution < 1.29 is 13.9 Å². The van der Waals surface area contributed by atoms with E-state index in [2.05, 4.69) is 4.98 Å². The van der Waals surface area contributed by atoms with Crippen LogP contribution in [0.3, 0.4) is 0 Å². The molecule has 5 heteroatoms. The molecule has 0 aliphatic rings. The predicted octanol–water partition coefficient (Wildman–Crippen LogP) is 4.20. The van der Waals surface area contributed by atoms with Crippen LogP contribution < -0.4 is 0 Å². The summed E-state index contributed by atoms with van der Waals surface area (Å²) in [6.45, 7) is 5.82. The quantitative estimate of drug-likeness (QED) is 0.666. The highest BCUT2D eigenvalue weighted by Crippen LogP contribution is 2.31. The number of hydrogen-bond donors (Lipinski definition) is 0. The number of pyridine rings is 1. The van der Waals surface area contributed by atoms with Gasteiger partial charge in [0.15, 0.2) is 5.58 Å². The average molecular weight is 306 g/mol. The minimum Gasteiger partial charge on any atom is -0.462 e. The summed E-state index contributed by atoms with van der Waals surface area (Å²) < 4.78 is 10.9. The normalized spacial score (nSPS) is 10.6. The monoisotopic (exact) mass is 305 g/mol. The van der Waals surface area contributed by atoms with Gasteiger partial charge in [-0.05, 0) is 32.9 Å². The van der Waals surface area contributed by atoms with Gasteiger partial charge in [0.05, 0.1) is 17.9 Å². The van der Waals surface area contributed by atoms with E-state index in [0.29, 0.717) is 23.4 Å². The number of esters is 1. The van der Waals surface area contributed by atoms with E-state index in [-0.39, 0.29) is 18.4 Å². The first-order chi connectivity index (χ1) is 9.63. The number of benzene rings is 1. The standard InChI is InChI=1S/C16H15NO3.ClH/c1-4-19-16(18)13-9(2)15-14(17-10(13)3)11-7-5-6-8-12(11)20-15;/h5-8H,4H2,1-3H3;1H. The average Bonchev–Trinajstić information content (AvgIpc) is 2.78. The lowest BCUT2D eigenvalue weighted by Crippen LogP contribution is -2.10. The molecule has 0 amide bonds. The molecule has 0 unspecified atom stereocenters. The highest BCUT2D eigenvalue weighted by molar-refractivity contribution is 6.06. The molecule has 0 bridgehead atoms. The number of carbonyl (C=O) groups excluding carboxylic acids is 1. The summed E-state index contributed by atoms with van der Waals surface area (Å²) in [6.07, 6.45) is 0. The van der Waals surface area contributed by atoms with E-state index in [0.717, 1.165) is 22.0 Å². The van der Waals surface area contributed by atoms with Crippen LogP contribution in [0.25, 0.3) is 22.1 Å². The molecule has 0 N–H and O–H groups in total. The Labute approximate surface area is 128 Å². The Balaban J connectivity index is 0.00000161. The first kappa shape index (κ1) is 15.3. The zero-order valence-electron chi connectivity index (χ0n) is 12.1. The fourth-order valence-electron chi connectivity index (χ4n) is 2.51. The van der Waals surface area contributed by atoms with Crippen molar-refractivity contribution in [3.8, 4) is 0 Å². The van der Waals surface area contributed by atoms with Crippen LogP contribution in [0.1, 0.15) is 28.5 Å². The highest BCUT2D eigenvalue weighted by Gasteiger charge is 2.20. The molecule has 0 saturated heterocycles. The van der Waals surface area contributed by atoms with Crippen LogP contribution in [0.5, 0.6) is 0 Å². The lowest BCUT2D eigenvalue weighted by Gasteiger charge is -2.08. The Morgan fingerprint density at radius 2 is 2.00 bits per heavy atom. The Kier molecular flexibility index (Phi) is 4.19. The van der Waals surface area contributed by atoms with Gasteiger partial charge >= 0.3 is 5.97 Å². The van der Waals surface area contributed by atoms with Crippen molar-refractivity contribution in [1.82, 2.24) is 4.98 Å². The Hall–Kier alpha value is -2.07. The molecule has 0 aliphatic carbocycles. The molecule has 3 rings (SSSR count). The van der Waals surface area contributed by atoms with Crippen molar-refractivity contribution in [2.45, 2.75) is 20.8 Å². The van der Waals surface area contributed by atoms with Crippen LogP contribution in [-0.4, -0.2) is 17.6 Å². The van der Waals surface area contributed by atoms with Crippen LogP contribution in [0.15, 0.2) is 28.7 Å². The van der Waals surface area contributed by atoms with E-state index < -0.39 is 0 Å². The van der Waals surface area contributed by atoms with E-state index in [1.165, 1.54) is 0 Å². The molecule has 110 valence electrons. The van der Waals surface area contributed by atoms with Crippen molar-refractivity contribution in [3.63, 3.8) is 0 Å². The van der Waals surface area contributed by atoms with Gasteiger partial charge in [-0.15, -0.1) is 12.4 Å². The molecule has 0 spiro atoms. The number of para-hydroxylation sites is 1. The first-order valence-electron chi connectivity index (χ1n) is 6.59. The topological polar surface area (TPSA) is 52.3 Å². The number of aromatic nitrogens is 1. The molecule has 0 saturated carbocycles. The number of carbonyl (C=O) groups is 1. The van der Waals surface area contributed by atoms with E-state index in [1.807, 2.05) is 38.1 Å². The lowest BCUT2D eigenvalue weighted by molar-refractivity contribution is 0.0524. The highest BCUT2D eigenvalue weighted by atomic mass is 35.5. The third-order valence-corrected chi connectivity index (χ3v) is 3.41. The van der Waals surface area contributed by atoms with Gasteiger partial charge < -0.3 is 9.15 Å². The van der Waals surface area contributed by atoms with Crippen LogP contribution >= 0.6 is 12.4 Å². The van der Waals surface area contributed by atoms with Gasteiger partial charge in [-0.2, -0.15) is 0 Å². The third-order valence-electron chi connectivity index (χ3n) is 3.41. The van der Waals surface area contributed by atoms with Crippen LogP contribution in [0.2, 0.25) is 0 Å². The predicted molar refractivity (Wildman–Crippen MR) is 84.2 cm³/mol. The van der Waals surface area contributed by atoms with Gasteiger partial charge in [-0.3, -0.25) is 0 Å². The number of rotatable bonds is 2. The summed E-state index contributed by atoms with van der Waals surface area (Å²) in [5.41, 5.74) is 4.17. The molecule has 4 nitrogen and oxygen atoms in total. The van der Waals surface area contributed by atoms with Gasteiger partial charge in [0.2, 0.25) is 0 Å². The van der Waals surface area contributed by atoms with Gasteiger partial charge in [-0.25, -0.2) is 9.78 Å². The molecule has 21 heavy (non-hydrogen) atoms. The zero-order valence-corrected chi connectivity index (χ0v) is 12.9. The number of hydrogen-bond acceptors (Lipinski definition) is 4. The molecular formula is C16H16ClNO3. The molecule has 1 aromatic carbocycles. The zero-order chi connectivity index (χ0) is 14.3. The smallest absolute Gasteiger partial charge is 0.340 e. The second-order valence-electron chi connectivity index (χ2n) is 4.69.